The molecule has 0 saturated carbocycles. The number of carbonyl (C=O) groups excluding carboxylic acids is 1. The van der Waals surface area contributed by atoms with Crippen LogP contribution in [0.1, 0.15) is 10.8 Å². The van der Waals surface area contributed by atoms with Crippen LogP contribution in [0, 0.1) is 0 Å². The molecule has 0 radical (unpaired) electrons. The Morgan fingerprint density at radius 2 is 2.19 bits per heavy atom. The molecule has 0 fully saturated rings. The van der Waals surface area contributed by atoms with Crippen LogP contribution in [-0.2, 0) is 11.2 Å². The number of benzene rings is 1. The Kier molecular flexibility index (Phi) is 4.12. The Morgan fingerprint density at radius 1 is 1.29 bits per heavy atom. The fourth-order valence-corrected chi connectivity index (χ4v) is 2.64. The van der Waals surface area contributed by atoms with E-state index in [4.69, 9.17) is 4.42 Å². The third kappa shape index (κ3) is 3.58. The molecule has 1 amide bonds. The van der Waals surface area contributed by atoms with E-state index in [1.54, 1.807) is 17.4 Å². The van der Waals surface area contributed by atoms with Gasteiger partial charge in [-0.1, -0.05) is 18.2 Å². The van der Waals surface area contributed by atoms with Crippen molar-refractivity contribution in [1.82, 2.24) is 10.3 Å². The average molecular weight is 298 g/mol. The van der Waals surface area contributed by atoms with Gasteiger partial charge in [-0.25, -0.2) is 4.98 Å². The van der Waals surface area contributed by atoms with Gasteiger partial charge in [0.15, 0.2) is 5.58 Å². The monoisotopic (exact) mass is 298 g/mol. The normalized spacial score (nSPS) is 11.2. The minimum absolute atomic E-state index is 0.145. The largest absolute Gasteiger partial charge is 0.437 e. The topological polar surface area (TPSA) is 55.1 Å². The Labute approximate surface area is 126 Å². The quantitative estimate of drug-likeness (QED) is 0.736. The number of hydrogen-bond acceptors (Lipinski definition) is 4. The highest BCUT2D eigenvalue weighted by atomic mass is 32.1. The number of para-hydroxylation sites is 2. The Balaban J connectivity index is 1.54. The van der Waals surface area contributed by atoms with Crippen molar-refractivity contribution in [3.05, 3.63) is 58.6 Å². The van der Waals surface area contributed by atoms with Crippen LogP contribution in [0.5, 0.6) is 0 Å². The fourth-order valence-electron chi connectivity index (χ4n) is 1.93. The van der Waals surface area contributed by atoms with Crippen LogP contribution < -0.4 is 5.32 Å². The second kappa shape index (κ2) is 6.37. The molecule has 106 valence electrons. The lowest BCUT2D eigenvalue weighted by Crippen LogP contribution is -2.23. The highest BCUT2D eigenvalue weighted by molar-refractivity contribution is 7.09. The van der Waals surface area contributed by atoms with Gasteiger partial charge in [-0.2, -0.15) is 0 Å². The zero-order valence-electron chi connectivity index (χ0n) is 11.3. The number of amides is 1. The van der Waals surface area contributed by atoms with Crippen molar-refractivity contribution in [2.45, 2.75) is 6.42 Å². The molecule has 0 aliphatic rings. The number of nitrogens with one attached hydrogen (secondary N) is 1. The molecule has 0 bridgehead atoms. The molecule has 0 spiro atoms. The van der Waals surface area contributed by atoms with Crippen molar-refractivity contribution < 1.29 is 9.21 Å². The molecule has 0 aliphatic heterocycles. The molecule has 4 nitrogen and oxygen atoms in total. The second-order valence-corrected chi connectivity index (χ2v) is 5.51. The van der Waals surface area contributed by atoms with Crippen molar-refractivity contribution in [2.24, 2.45) is 0 Å². The summed E-state index contributed by atoms with van der Waals surface area (Å²) in [6, 6.07) is 11.6. The van der Waals surface area contributed by atoms with Crippen molar-refractivity contribution >= 4 is 34.4 Å². The smallest absolute Gasteiger partial charge is 0.244 e. The SMILES string of the molecule is O=C(/C=C/c1nc2ccccc2o1)NCCc1cccs1. The number of oxazole rings is 1. The summed E-state index contributed by atoms with van der Waals surface area (Å²) >= 11 is 1.69. The van der Waals surface area contributed by atoms with Gasteiger partial charge in [0, 0.05) is 23.6 Å². The van der Waals surface area contributed by atoms with E-state index in [1.165, 1.54) is 11.0 Å². The van der Waals surface area contributed by atoms with E-state index in [0.717, 1.165) is 17.5 Å². The number of carbonyl (C=O) groups is 1. The van der Waals surface area contributed by atoms with Gasteiger partial charge in [-0.3, -0.25) is 4.79 Å². The van der Waals surface area contributed by atoms with Gasteiger partial charge in [0.25, 0.3) is 0 Å². The van der Waals surface area contributed by atoms with Crippen LogP contribution >= 0.6 is 11.3 Å². The molecule has 0 atom stereocenters. The minimum atomic E-state index is -0.145. The number of thiophene rings is 1. The molecule has 1 aromatic carbocycles. The van der Waals surface area contributed by atoms with Gasteiger partial charge in [-0.15, -0.1) is 11.3 Å². The highest BCUT2D eigenvalue weighted by Gasteiger charge is 2.02. The standard InChI is InChI=1S/C16H14N2O2S/c19-15(17-10-9-12-4-3-11-21-12)7-8-16-18-13-5-1-2-6-14(13)20-16/h1-8,11H,9-10H2,(H,17,19)/b8-7+. The lowest BCUT2D eigenvalue weighted by molar-refractivity contribution is -0.116. The summed E-state index contributed by atoms with van der Waals surface area (Å²) in [5.41, 5.74) is 1.51. The molecule has 3 rings (SSSR count). The molecule has 1 N–H and O–H groups in total. The third-order valence-electron chi connectivity index (χ3n) is 2.94. The number of aromatic nitrogens is 1. The van der Waals surface area contributed by atoms with E-state index in [1.807, 2.05) is 35.7 Å². The number of rotatable bonds is 5. The maximum atomic E-state index is 11.7. The van der Waals surface area contributed by atoms with E-state index in [0.29, 0.717) is 12.4 Å². The van der Waals surface area contributed by atoms with Gasteiger partial charge in [0.05, 0.1) is 0 Å². The first-order valence-electron chi connectivity index (χ1n) is 6.65. The Hall–Kier alpha value is -2.40. The molecule has 21 heavy (non-hydrogen) atoms. The van der Waals surface area contributed by atoms with E-state index in [9.17, 15) is 4.79 Å². The van der Waals surface area contributed by atoms with Gasteiger partial charge >= 0.3 is 0 Å². The van der Waals surface area contributed by atoms with Gasteiger partial charge in [-0.05, 0) is 30.0 Å². The molecular weight excluding hydrogens is 284 g/mol. The second-order valence-electron chi connectivity index (χ2n) is 4.47. The zero-order valence-corrected chi connectivity index (χ0v) is 12.1. The summed E-state index contributed by atoms with van der Waals surface area (Å²) in [7, 11) is 0. The van der Waals surface area contributed by atoms with E-state index in [-0.39, 0.29) is 5.91 Å². The molecular formula is C16H14N2O2S. The number of hydrogen-bond donors (Lipinski definition) is 1. The molecule has 2 aromatic heterocycles. The fraction of sp³-hybridized carbons (Fsp3) is 0.125. The molecule has 5 heteroatoms. The van der Waals surface area contributed by atoms with Crippen LogP contribution in [0.2, 0.25) is 0 Å². The first-order valence-corrected chi connectivity index (χ1v) is 7.53. The summed E-state index contributed by atoms with van der Waals surface area (Å²) < 4.78 is 5.51. The summed E-state index contributed by atoms with van der Waals surface area (Å²) in [4.78, 5) is 17.2. The van der Waals surface area contributed by atoms with Crippen LogP contribution in [0.4, 0.5) is 0 Å². The van der Waals surface area contributed by atoms with Crippen molar-refractivity contribution in [3.63, 3.8) is 0 Å². The molecule has 0 aliphatic carbocycles. The summed E-state index contributed by atoms with van der Waals surface area (Å²) in [5.74, 6) is 0.290. The Bertz CT molecular complexity index is 727. The van der Waals surface area contributed by atoms with Crippen LogP contribution in [0.25, 0.3) is 17.2 Å². The molecule has 2 heterocycles. The predicted molar refractivity (Wildman–Crippen MR) is 84.1 cm³/mol. The first-order chi connectivity index (χ1) is 10.3. The van der Waals surface area contributed by atoms with Crippen molar-refractivity contribution in [1.29, 1.82) is 0 Å². The van der Waals surface area contributed by atoms with Crippen LogP contribution in [-0.4, -0.2) is 17.4 Å². The number of nitrogens with zero attached hydrogens (tertiary/aromatic N) is 1. The van der Waals surface area contributed by atoms with Crippen LogP contribution in [0.3, 0.4) is 0 Å². The third-order valence-corrected chi connectivity index (χ3v) is 3.87. The van der Waals surface area contributed by atoms with Gasteiger partial charge < -0.3 is 9.73 Å². The van der Waals surface area contributed by atoms with Crippen LogP contribution in [0.15, 0.2) is 52.3 Å². The summed E-state index contributed by atoms with van der Waals surface area (Å²) in [6.45, 7) is 0.622. The van der Waals surface area contributed by atoms with Crippen molar-refractivity contribution in [3.8, 4) is 0 Å². The summed E-state index contributed by atoms with van der Waals surface area (Å²) in [5, 5.41) is 4.87. The average Bonchev–Trinajstić information content (AvgIpc) is 3.13. The summed E-state index contributed by atoms with van der Waals surface area (Å²) in [6.07, 6.45) is 3.87. The molecule has 0 unspecified atom stereocenters. The van der Waals surface area contributed by atoms with E-state index < -0.39 is 0 Å². The van der Waals surface area contributed by atoms with Gasteiger partial charge in [0.1, 0.15) is 5.52 Å². The lowest BCUT2D eigenvalue weighted by Gasteiger charge is -1.99. The zero-order chi connectivity index (χ0) is 14.5. The minimum Gasteiger partial charge on any atom is -0.437 e. The highest BCUT2D eigenvalue weighted by Crippen LogP contribution is 2.15. The first kappa shape index (κ1) is 13.6. The van der Waals surface area contributed by atoms with E-state index in [2.05, 4.69) is 16.4 Å². The molecule has 0 saturated heterocycles. The number of fused-ring (bicyclic) bond motifs is 1. The maximum Gasteiger partial charge on any atom is 0.244 e. The van der Waals surface area contributed by atoms with Gasteiger partial charge in [0.2, 0.25) is 11.8 Å². The Morgan fingerprint density at radius 3 is 3.00 bits per heavy atom. The van der Waals surface area contributed by atoms with Crippen molar-refractivity contribution in [2.75, 3.05) is 6.54 Å². The van der Waals surface area contributed by atoms with E-state index >= 15 is 0 Å². The maximum absolute atomic E-state index is 11.7. The molecule has 3 aromatic rings. The lowest BCUT2D eigenvalue weighted by atomic mass is 10.3. The predicted octanol–water partition coefficient (Wildman–Crippen LogP) is 3.26.